The molecule has 0 saturated carbocycles. The van der Waals surface area contributed by atoms with Gasteiger partial charge in [-0.05, 0) is 42.4 Å². The molecule has 4 heteroatoms. The van der Waals surface area contributed by atoms with Gasteiger partial charge < -0.3 is 0 Å². The van der Waals surface area contributed by atoms with Crippen molar-refractivity contribution in [2.75, 3.05) is 0 Å². The zero-order valence-electron chi connectivity index (χ0n) is 10.7. The number of aryl methyl sites for hydroxylation is 1. The highest BCUT2D eigenvalue weighted by Crippen LogP contribution is 2.24. The van der Waals surface area contributed by atoms with E-state index in [2.05, 4.69) is 17.2 Å². The van der Waals surface area contributed by atoms with Gasteiger partial charge in [-0.15, -0.1) is 0 Å². The standard InChI is InChI=1S/C16H11F2NS/c1-11-2-4-12(5-3-11)6-7-13-8-14(17)16(19-10-20)15(18)9-13/h2-9H,1H3. The molecule has 0 spiro atoms. The fourth-order valence-corrected chi connectivity index (χ4v) is 1.80. The van der Waals surface area contributed by atoms with Gasteiger partial charge in [0.25, 0.3) is 0 Å². The molecule has 2 aromatic rings. The van der Waals surface area contributed by atoms with Crippen LogP contribution in [0.1, 0.15) is 16.7 Å². The Hall–Kier alpha value is -2.16. The lowest BCUT2D eigenvalue weighted by Gasteiger charge is -2.00. The van der Waals surface area contributed by atoms with Gasteiger partial charge in [0.2, 0.25) is 0 Å². The van der Waals surface area contributed by atoms with Gasteiger partial charge in [0.1, 0.15) is 5.69 Å². The first-order chi connectivity index (χ1) is 9.60. The predicted molar refractivity (Wildman–Crippen MR) is 81.2 cm³/mol. The summed E-state index contributed by atoms with van der Waals surface area (Å²) in [5, 5.41) is 1.96. The molecule has 0 aliphatic rings. The Bertz CT molecular complexity index is 676. The fraction of sp³-hybridized carbons (Fsp3) is 0.0625. The summed E-state index contributed by atoms with van der Waals surface area (Å²) >= 11 is 4.35. The summed E-state index contributed by atoms with van der Waals surface area (Å²) in [4.78, 5) is 3.37. The molecule has 2 rings (SSSR count). The van der Waals surface area contributed by atoms with Crippen molar-refractivity contribution >= 4 is 35.2 Å². The van der Waals surface area contributed by atoms with Crippen LogP contribution >= 0.6 is 12.2 Å². The van der Waals surface area contributed by atoms with Gasteiger partial charge in [0.15, 0.2) is 11.6 Å². The molecular formula is C16H11F2NS. The molecule has 100 valence electrons. The van der Waals surface area contributed by atoms with Gasteiger partial charge in [-0.1, -0.05) is 42.0 Å². The quantitative estimate of drug-likeness (QED) is 0.430. The molecule has 0 aliphatic carbocycles. The average Bonchev–Trinajstić information content (AvgIpc) is 2.42. The number of isothiocyanates is 1. The van der Waals surface area contributed by atoms with Gasteiger partial charge in [-0.25, -0.2) is 8.78 Å². The van der Waals surface area contributed by atoms with Crippen LogP contribution < -0.4 is 0 Å². The maximum absolute atomic E-state index is 13.6. The molecular weight excluding hydrogens is 276 g/mol. The average molecular weight is 287 g/mol. The van der Waals surface area contributed by atoms with Crippen molar-refractivity contribution in [3.63, 3.8) is 0 Å². The zero-order chi connectivity index (χ0) is 14.5. The van der Waals surface area contributed by atoms with E-state index in [0.29, 0.717) is 5.56 Å². The number of halogens is 2. The van der Waals surface area contributed by atoms with E-state index in [1.54, 1.807) is 12.2 Å². The molecule has 0 amide bonds. The van der Waals surface area contributed by atoms with Gasteiger partial charge in [0, 0.05) is 0 Å². The largest absolute Gasteiger partial charge is 0.204 e. The highest BCUT2D eigenvalue weighted by molar-refractivity contribution is 7.78. The van der Waals surface area contributed by atoms with Crippen molar-refractivity contribution in [2.24, 2.45) is 4.99 Å². The van der Waals surface area contributed by atoms with Crippen molar-refractivity contribution < 1.29 is 8.78 Å². The molecule has 0 unspecified atom stereocenters. The first kappa shape index (κ1) is 14.3. The van der Waals surface area contributed by atoms with Crippen molar-refractivity contribution in [3.05, 3.63) is 64.7 Å². The predicted octanol–water partition coefficient (Wildman–Crippen LogP) is 5.18. The van der Waals surface area contributed by atoms with Crippen LogP contribution in [0.15, 0.2) is 41.4 Å². The van der Waals surface area contributed by atoms with Gasteiger partial charge in [-0.3, -0.25) is 0 Å². The maximum atomic E-state index is 13.6. The first-order valence-electron chi connectivity index (χ1n) is 5.92. The van der Waals surface area contributed by atoms with Crippen molar-refractivity contribution in [1.29, 1.82) is 0 Å². The van der Waals surface area contributed by atoms with Crippen LogP contribution in [0, 0.1) is 18.6 Å². The first-order valence-corrected chi connectivity index (χ1v) is 6.32. The number of hydrogen-bond donors (Lipinski definition) is 0. The lowest BCUT2D eigenvalue weighted by molar-refractivity contribution is 0.587. The van der Waals surface area contributed by atoms with Crippen LogP contribution in [0.3, 0.4) is 0 Å². The number of hydrogen-bond acceptors (Lipinski definition) is 2. The molecule has 2 aromatic carbocycles. The van der Waals surface area contributed by atoms with Crippen LogP contribution in [0.5, 0.6) is 0 Å². The summed E-state index contributed by atoms with van der Waals surface area (Å²) in [5.41, 5.74) is 2.12. The minimum absolute atomic E-state index is 0.410. The van der Waals surface area contributed by atoms with Gasteiger partial charge in [0.05, 0.1) is 5.16 Å². The van der Waals surface area contributed by atoms with E-state index in [-0.39, 0.29) is 0 Å². The van der Waals surface area contributed by atoms with Crippen molar-refractivity contribution in [1.82, 2.24) is 0 Å². The zero-order valence-corrected chi connectivity index (χ0v) is 11.5. The smallest absolute Gasteiger partial charge is 0.153 e. The molecule has 0 fully saturated rings. The SMILES string of the molecule is Cc1ccc(C=Cc2cc(F)c(N=C=S)c(F)c2)cc1. The van der Waals surface area contributed by atoms with Crippen molar-refractivity contribution in [3.8, 4) is 0 Å². The summed E-state index contributed by atoms with van der Waals surface area (Å²) in [7, 11) is 0. The fourth-order valence-electron chi connectivity index (χ4n) is 1.70. The third kappa shape index (κ3) is 3.44. The molecule has 0 heterocycles. The molecule has 0 atom stereocenters. The minimum Gasteiger partial charge on any atom is -0.204 e. The van der Waals surface area contributed by atoms with Crippen LogP contribution in [0.4, 0.5) is 14.5 Å². The summed E-state index contributed by atoms with van der Waals surface area (Å²) < 4.78 is 27.2. The molecule has 1 nitrogen and oxygen atoms in total. The number of benzene rings is 2. The second kappa shape index (κ2) is 6.33. The second-order valence-electron chi connectivity index (χ2n) is 4.28. The maximum Gasteiger partial charge on any atom is 0.153 e. The number of aliphatic imine (C=N–C) groups is 1. The molecule has 20 heavy (non-hydrogen) atoms. The van der Waals surface area contributed by atoms with E-state index in [0.717, 1.165) is 11.1 Å². The summed E-state index contributed by atoms with van der Waals surface area (Å²) in [6, 6.07) is 10.2. The Morgan fingerprint density at radius 1 is 1.00 bits per heavy atom. The van der Waals surface area contributed by atoms with Gasteiger partial charge in [-0.2, -0.15) is 4.99 Å². The third-order valence-electron chi connectivity index (χ3n) is 2.74. The summed E-state index contributed by atoms with van der Waals surface area (Å²) in [6.07, 6.45) is 3.43. The third-order valence-corrected chi connectivity index (χ3v) is 2.83. The molecule has 0 aromatic heterocycles. The normalized spacial score (nSPS) is 10.6. The Balaban J connectivity index is 2.30. The topological polar surface area (TPSA) is 12.4 Å². The highest BCUT2D eigenvalue weighted by atomic mass is 32.1. The van der Waals surface area contributed by atoms with E-state index >= 15 is 0 Å². The Labute approximate surface area is 121 Å². The number of rotatable bonds is 3. The van der Waals surface area contributed by atoms with E-state index < -0.39 is 17.3 Å². The van der Waals surface area contributed by atoms with E-state index in [1.165, 1.54) is 12.1 Å². The van der Waals surface area contributed by atoms with Crippen LogP contribution in [0.2, 0.25) is 0 Å². The molecule has 0 saturated heterocycles. The monoisotopic (exact) mass is 287 g/mol. The van der Waals surface area contributed by atoms with Crippen LogP contribution in [-0.4, -0.2) is 5.16 Å². The molecule has 0 radical (unpaired) electrons. The Morgan fingerprint density at radius 2 is 1.55 bits per heavy atom. The lowest BCUT2D eigenvalue weighted by Crippen LogP contribution is -1.85. The minimum atomic E-state index is -0.758. The van der Waals surface area contributed by atoms with Crippen molar-refractivity contribution in [2.45, 2.75) is 6.92 Å². The highest BCUT2D eigenvalue weighted by Gasteiger charge is 2.08. The number of thiocarbonyl (C=S) groups is 1. The molecule has 0 aliphatic heterocycles. The van der Waals surface area contributed by atoms with Crippen LogP contribution in [0.25, 0.3) is 12.2 Å². The van der Waals surface area contributed by atoms with E-state index in [9.17, 15) is 8.78 Å². The molecule has 0 bridgehead atoms. The second-order valence-corrected chi connectivity index (χ2v) is 4.46. The Morgan fingerprint density at radius 3 is 2.10 bits per heavy atom. The van der Waals surface area contributed by atoms with E-state index in [1.807, 2.05) is 36.4 Å². The van der Waals surface area contributed by atoms with E-state index in [4.69, 9.17) is 0 Å². The summed E-state index contributed by atoms with van der Waals surface area (Å²) in [6.45, 7) is 1.99. The lowest BCUT2D eigenvalue weighted by atomic mass is 10.1. The molecule has 0 N–H and O–H groups in total. The number of nitrogens with zero attached hydrogens (tertiary/aromatic N) is 1. The summed E-state index contributed by atoms with van der Waals surface area (Å²) in [5.74, 6) is -1.52. The Kier molecular flexibility index (Phi) is 4.51. The van der Waals surface area contributed by atoms with Gasteiger partial charge >= 0.3 is 0 Å². The van der Waals surface area contributed by atoms with Crippen LogP contribution in [-0.2, 0) is 0 Å².